The van der Waals surface area contributed by atoms with Gasteiger partial charge in [-0.15, -0.1) is 0 Å². The number of hydrogen-bond acceptors (Lipinski definition) is 1. The van der Waals surface area contributed by atoms with E-state index in [2.05, 4.69) is 31.5 Å². The minimum atomic E-state index is 0.180. The second-order valence-electron chi connectivity index (χ2n) is 3.95. The first-order valence-corrected chi connectivity index (χ1v) is 5.19. The number of benzene rings is 1. The summed E-state index contributed by atoms with van der Waals surface area (Å²) in [5, 5.41) is 0. The van der Waals surface area contributed by atoms with Crippen LogP contribution in [0.15, 0.2) is 24.3 Å². The molecule has 1 rings (SSSR count). The van der Waals surface area contributed by atoms with Crippen LogP contribution in [0.4, 0.5) is 0 Å². The summed E-state index contributed by atoms with van der Waals surface area (Å²) in [5.41, 5.74) is 2.45. The number of aryl methyl sites for hydroxylation is 1. The second kappa shape index (κ2) is 5.54. The monoisotopic (exact) mass is 204 g/mol. The standard InChI is InChI=1S/C13H18NO/c1-11-6-4-7-12(10-11)8-5-9-13(15)14(2)3/h4,6-8,10H,5,9H2,1-3H3. The number of nitrogens with zero attached hydrogens (tertiary/aromatic N) is 1. The Kier molecular flexibility index (Phi) is 4.35. The van der Waals surface area contributed by atoms with E-state index in [1.807, 2.05) is 6.07 Å². The third-order valence-corrected chi connectivity index (χ3v) is 2.28. The highest BCUT2D eigenvalue weighted by molar-refractivity contribution is 5.75. The highest BCUT2D eigenvalue weighted by Gasteiger charge is 2.03. The minimum Gasteiger partial charge on any atom is -0.349 e. The third-order valence-electron chi connectivity index (χ3n) is 2.28. The van der Waals surface area contributed by atoms with Crippen LogP contribution in [0.5, 0.6) is 0 Å². The van der Waals surface area contributed by atoms with Gasteiger partial charge in [0.1, 0.15) is 0 Å². The maximum absolute atomic E-state index is 11.3. The van der Waals surface area contributed by atoms with Crippen LogP contribution in [0.25, 0.3) is 0 Å². The molecule has 0 atom stereocenters. The zero-order chi connectivity index (χ0) is 11.3. The quantitative estimate of drug-likeness (QED) is 0.737. The summed E-state index contributed by atoms with van der Waals surface area (Å²) in [6.45, 7) is 2.07. The summed E-state index contributed by atoms with van der Waals surface area (Å²) in [7, 11) is 3.57. The lowest BCUT2D eigenvalue weighted by Crippen LogP contribution is -2.21. The third kappa shape index (κ3) is 4.15. The van der Waals surface area contributed by atoms with Gasteiger partial charge in [0.2, 0.25) is 5.91 Å². The van der Waals surface area contributed by atoms with Crippen molar-refractivity contribution >= 4 is 5.91 Å². The van der Waals surface area contributed by atoms with E-state index < -0.39 is 0 Å². The fraction of sp³-hybridized carbons (Fsp3) is 0.385. The molecule has 0 bridgehead atoms. The summed E-state index contributed by atoms with van der Waals surface area (Å²) >= 11 is 0. The molecule has 2 nitrogen and oxygen atoms in total. The molecule has 0 saturated carbocycles. The average molecular weight is 204 g/mol. The number of rotatable bonds is 4. The molecular formula is C13H18NO. The lowest BCUT2D eigenvalue weighted by Gasteiger charge is -2.09. The van der Waals surface area contributed by atoms with Crippen molar-refractivity contribution in [2.45, 2.75) is 19.8 Å². The van der Waals surface area contributed by atoms with E-state index in [0.717, 1.165) is 6.42 Å². The molecule has 1 aromatic rings. The molecular weight excluding hydrogens is 186 g/mol. The first-order chi connectivity index (χ1) is 7.09. The Bertz CT molecular complexity index is 331. The van der Waals surface area contributed by atoms with Gasteiger partial charge >= 0.3 is 0 Å². The topological polar surface area (TPSA) is 20.3 Å². The van der Waals surface area contributed by atoms with E-state index in [1.165, 1.54) is 11.1 Å². The molecule has 0 unspecified atom stereocenters. The molecule has 0 saturated heterocycles. The van der Waals surface area contributed by atoms with Crippen molar-refractivity contribution in [1.29, 1.82) is 0 Å². The molecule has 0 spiro atoms. The van der Waals surface area contributed by atoms with Crippen LogP contribution >= 0.6 is 0 Å². The van der Waals surface area contributed by atoms with Gasteiger partial charge in [-0.3, -0.25) is 4.79 Å². The van der Waals surface area contributed by atoms with E-state index in [1.54, 1.807) is 19.0 Å². The molecule has 1 amide bonds. The Morgan fingerprint density at radius 2 is 2.13 bits per heavy atom. The summed E-state index contributed by atoms with van der Waals surface area (Å²) in [6, 6.07) is 8.30. The summed E-state index contributed by atoms with van der Waals surface area (Å²) in [4.78, 5) is 12.9. The van der Waals surface area contributed by atoms with Gasteiger partial charge in [-0.05, 0) is 25.3 Å². The van der Waals surface area contributed by atoms with Crippen molar-refractivity contribution < 1.29 is 4.79 Å². The lowest BCUT2D eigenvalue weighted by atomic mass is 10.1. The van der Waals surface area contributed by atoms with Gasteiger partial charge in [0, 0.05) is 20.5 Å². The molecule has 0 fully saturated rings. The van der Waals surface area contributed by atoms with Gasteiger partial charge in [-0.1, -0.05) is 29.8 Å². The predicted molar refractivity (Wildman–Crippen MR) is 62.5 cm³/mol. The fourth-order valence-corrected chi connectivity index (χ4v) is 1.38. The normalized spacial score (nSPS) is 10.1. The smallest absolute Gasteiger partial charge is 0.222 e. The van der Waals surface area contributed by atoms with Crippen molar-refractivity contribution in [2.24, 2.45) is 0 Å². The molecule has 0 aliphatic rings. The Balaban J connectivity index is 2.35. The molecule has 0 aliphatic heterocycles. The SMILES string of the molecule is Cc1cccc([CH]CCC(=O)N(C)C)c1. The van der Waals surface area contributed by atoms with Crippen LogP contribution in [0.3, 0.4) is 0 Å². The Labute approximate surface area is 91.9 Å². The van der Waals surface area contributed by atoms with Crippen LogP contribution in [0, 0.1) is 13.3 Å². The Hall–Kier alpha value is -1.31. The van der Waals surface area contributed by atoms with Gasteiger partial charge in [-0.2, -0.15) is 0 Å². The van der Waals surface area contributed by atoms with E-state index in [9.17, 15) is 4.79 Å². The van der Waals surface area contributed by atoms with Crippen LogP contribution in [-0.2, 0) is 4.79 Å². The first kappa shape index (κ1) is 11.8. The highest BCUT2D eigenvalue weighted by atomic mass is 16.2. The van der Waals surface area contributed by atoms with Crippen LogP contribution in [0.2, 0.25) is 0 Å². The average Bonchev–Trinajstić information content (AvgIpc) is 2.17. The van der Waals surface area contributed by atoms with Gasteiger partial charge < -0.3 is 4.90 Å². The second-order valence-corrected chi connectivity index (χ2v) is 3.95. The van der Waals surface area contributed by atoms with Gasteiger partial charge in [-0.25, -0.2) is 0 Å². The maximum atomic E-state index is 11.3. The Morgan fingerprint density at radius 1 is 1.40 bits per heavy atom. The van der Waals surface area contributed by atoms with Crippen LogP contribution < -0.4 is 0 Å². The van der Waals surface area contributed by atoms with Crippen molar-refractivity contribution in [3.8, 4) is 0 Å². The molecule has 1 radical (unpaired) electrons. The molecule has 1 aromatic carbocycles. The molecule has 0 aromatic heterocycles. The van der Waals surface area contributed by atoms with Gasteiger partial charge in [0.05, 0.1) is 0 Å². The van der Waals surface area contributed by atoms with E-state index in [0.29, 0.717) is 6.42 Å². The van der Waals surface area contributed by atoms with Crippen molar-refractivity contribution in [3.05, 3.63) is 41.8 Å². The summed E-state index contributed by atoms with van der Waals surface area (Å²) in [6.07, 6.45) is 3.50. The molecule has 81 valence electrons. The van der Waals surface area contributed by atoms with Gasteiger partial charge in [0.15, 0.2) is 0 Å². The number of hydrogen-bond donors (Lipinski definition) is 0. The molecule has 2 heteroatoms. The molecule has 0 heterocycles. The first-order valence-electron chi connectivity index (χ1n) is 5.19. The van der Waals surface area contributed by atoms with Crippen molar-refractivity contribution in [1.82, 2.24) is 4.90 Å². The van der Waals surface area contributed by atoms with E-state index in [4.69, 9.17) is 0 Å². The Morgan fingerprint density at radius 3 is 2.73 bits per heavy atom. The number of amides is 1. The lowest BCUT2D eigenvalue weighted by molar-refractivity contribution is -0.128. The van der Waals surface area contributed by atoms with E-state index in [-0.39, 0.29) is 5.91 Å². The van der Waals surface area contributed by atoms with Crippen LogP contribution in [-0.4, -0.2) is 24.9 Å². The van der Waals surface area contributed by atoms with Gasteiger partial charge in [0.25, 0.3) is 0 Å². The van der Waals surface area contributed by atoms with E-state index >= 15 is 0 Å². The van der Waals surface area contributed by atoms with Crippen molar-refractivity contribution in [2.75, 3.05) is 14.1 Å². The highest BCUT2D eigenvalue weighted by Crippen LogP contribution is 2.10. The largest absolute Gasteiger partial charge is 0.349 e. The number of carbonyl (C=O) groups excluding carboxylic acids is 1. The minimum absolute atomic E-state index is 0.180. The zero-order valence-electron chi connectivity index (χ0n) is 9.66. The van der Waals surface area contributed by atoms with Crippen molar-refractivity contribution in [3.63, 3.8) is 0 Å². The predicted octanol–water partition coefficient (Wildman–Crippen LogP) is 2.42. The molecule has 15 heavy (non-hydrogen) atoms. The fourth-order valence-electron chi connectivity index (χ4n) is 1.38. The maximum Gasteiger partial charge on any atom is 0.222 e. The summed E-state index contributed by atoms with van der Waals surface area (Å²) < 4.78 is 0. The number of carbonyl (C=O) groups is 1. The van der Waals surface area contributed by atoms with Crippen LogP contribution in [0.1, 0.15) is 24.0 Å². The molecule has 0 aliphatic carbocycles. The zero-order valence-corrected chi connectivity index (χ0v) is 9.66. The summed E-state index contributed by atoms with van der Waals surface area (Å²) in [5.74, 6) is 0.180. The molecule has 0 N–H and O–H groups in total.